The molecule has 0 unspecified atom stereocenters. The maximum Gasteiger partial charge on any atom is 0.170 e. The van der Waals surface area contributed by atoms with E-state index in [9.17, 15) is 8.78 Å². The van der Waals surface area contributed by atoms with E-state index in [1.54, 1.807) is 6.07 Å². The summed E-state index contributed by atoms with van der Waals surface area (Å²) in [7, 11) is 0. The Morgan fingerprint density at radius 1 is 0.964 bits per heavy atom. The molecule has 2 aromatic carbocycles. The first-order valence-electron chi connectivity index (χ1n) is 10.2. The van der Waals surface area contributed by atoms with Gasteiger partial charge in [-0.05, 0) is 87.4 Å². The highest BCUT2D eigenvalue weighted by atomic mass is 19.1. The molecule has 0 radical (unpaired) electrons. The summed E-state index contributed by atoms with van der Waals surface area (Å²) in [6, 6.07) is 11.5. The fourth-order valence-corrected chi connectivity index (χ4v) is 4.14. The summed E-state index contributed by atoms with van der Waals surface area (Å²) < 4.78 is 31.4. The van der Waals surface area contributed by atoms with Crippen LogP contribution in [0.25, 0.3) is 11.0 Å². The minimum absolute atomic E-state index is 0.171. The Hall–Kier alpha value is -2.27. The number of hydrogen-bond donors (Lipinski definition) is 0. The normalized spacial score (nSPS) is 16.1. The molecule has 1 aliphatic heterocycles. The third kappa shape index (κ3) is 4.76. The molecule has 1 aliphatic rings. The van der Waals surface area contributed by atoms with Crippen LogP contribution in [0.15, 0.2) is 47.0 Å². The van der Waals surface area contributed by atoms with Crippen LogP contribution in [0.1, 0.15) is 36.9 Å². The van der Waals surface area contributed by atoms with Crippen LogP contribution in [0.2, 0.25) is 0 Å². The molecule has 0 amide bonds. The van der Waals surface area contributed by atoms with Gasteiger partial charge in [0, 0.05) is 18.0 Å². The Morgan fingerprint density at radius 3 is 2.50 bits per heavy atom. The topological polar surface area (TPSA) is 29.3 Å². The highest BCUT2D eigenvalue weighted by Gasteiger charge is 2.19. The quantitative estimate of drug-likeness (QED) is 0.547. The standard InChI is InChI=1S/C23H26F2N2O/c24-19-6-4-18(5-7-19)12-15-27-13-10-17(11-14-27)2-1-3-22-21-9-8-20(25)16-23(21)28-26-22/h4-9,16-17H,1-3,10-15H2. The zero-order chi connectivity index (χ0) is 19.3. The van der Waals surface area contributed by atoms with E-state index in [4.69, 9.17) is 4.52 Å². The van der Waals surface area contributed by atoms with Crippen molar-refractivity contribution >= 4 is 11.0 Å². The van der Waals surface area contributed by atoms with Gasteiger partial charge in [-0.2, -0.15) is 0 Å². The van der Waals surface area contributed by atoms with Crippen molar-refractivity contribution in [1.29, 1.82) is 0 Å². The van der Waals surface area contributed by atoms with Gasteiger partial charge in [0.2, 0.25) is 0 Å². The van der Waals surface area contributed by atoms with Gasteiger partial charge in [-0.15, -0.1) is 0 Å². The lowest BCUT2D eigenvalue weighted by molar-refractivity contribution is 0.179. The molecule has 0 saturated carbocycles. The Balaban J connectivity index is 1.18. The summed E-state index contributed by atoms with van der Waals surface area (Å²) in [6.45, 7) is 3.32. The molecule has 0 spiro atoms. The van der Waals surface area contributed by atoms with Crippen LogP contribution >= 0.6 is 0 Å². The molecular weight excluding hydrogens is 358 g/mol. The van der Waals surface area contributed by atoms with E-state index < -0.39 is 0 Å². The number of aromatic nitrogens is 1. The summed E-state index contributed by atoms with van der Waals surface area (Å²) in [5.74, 6) is 0.300. The second-order valence-corrected chi connectivity index (χ2v) is 7.82. The number of benzene rings is 2. The number of aryl methyl sites for hydroxylation is 1. The predicted octanol–water partition coefficient (Wildman–Crippen LogP) is 5.38. The first-order valence-corrected chi connectivity index (χ1v) is 10.2. The molecule has 2 heterocycles. The second-order valence-electron chi connectivity index (χ2n) is 7.82. The monoisotopic (exact) mass is 384 g/mol. The Bertz CT molecular complexity index is 899. The molecule has 0 aliphatic carbocycles. The average Bonchev–Trinajstić information content (AvgIpc) is 3.10. The van der Waals surface area contributed by atoms with Crippen molar-refractivity contribution in [1.82, 2.24) is 10.1 Å². The Morgan fingerprint density at radius 2 is 1.71 bits per heavy atom. The number of hydrogen-bond acceptors (Lipinski definition) is 3. The smallest absolute Gasteiger partial charge is 0.170 e. The van der Waals surface area contributed by atoms with E-state index >= 15 is 0 Å². The zero-order valence-electron chi connectivity index (χ0n) is 16.0. The van der Waals surface area contributed by atoms with E-state index in [0.717, 1.165) is 55.9 Å². The molecule has 148 valence electrons. The van der Waals surface area contributed by atoms with Crippen molar-refractivity contribution in [3.8, 4) is 0 Å². The van der Waals surface area contributed by atoms with E-state index in [0.29, 0.717) is 5.58 Å². The van der Waals surface area contributed by atoms with Gasteiger partial charge in [0.25, 0.3) is 0 Å². The van der Waals surface area contributed by atoms with Crippen molar-refractivity contribution in [3.63, 3.8) is 0 Å². The highest BCUT2D eigenvalue weighted by molar-refractivity contribution is 5.79. The number of rotatable bonds is 7. The van der Waals surface area contributed by atoms with Crippen molar-refractivity contribution in [3.05, 3.63) is 65.4 Å². The fraction of sp³-hybridized carbons (Fsp3) is 0.435. The maximum absolute atomic E-state index is 13.2. The number of halogens is 2. The first kappa shape index (κ1) is 19.1. The van der Waals surface area contributed by atoms with Gasteiger partial charge in [0.15, 0.2) is 5.58 Å². The summed E-state index contributed by atoms with van der Waals surface area (Å²) in [4.78, 5) is 2.51. The van der Waals surface area contributed by atoms with Gasteiger partial charge in [-0.25, -0.2) is 8.78 Å². The van der Waals surface area contributed by atoms with Gasteiger partial charge in [0.1, 0.15) is 11.6 Å². The van der Waals surface area contributed by atoms with Crippen molar-refractivity contribution in [2.45, 2.75) is 38.5 Å². The van der Waals surface area contributed by atoms with E-state index in [2.05, 4.69) is 10.1 Å². The average molecular weight is 384 g/mol. The SMILES string of the molecule is Fc1ccc(CCN2CCC(CCCc3noc4cc(F)ccc34)CC2)cc1. The van der Waals surface area contributed by atoms with Gasteiger partial charge in [-0.3, -0.25) is 0 Å². The molecule has 5 heteroatoms. The maximum atomic E-state index is 13.2. The largest absolute Gasteiger partial charge is 0.356 e. The number of fused-ring (bicyclic) bond motifs is 1. The molecule has 3 aromatic rings. The van der Waals surface area contributed by atoms with Crippen LogP contribution in [-0.4, -0.2) is 29.7 Å². The predicted molar refractivity (Wildman–Crippen MR) is 106 cm³/mol. The second kappa shape index (κ2) is 8.82. The van der Waals surface area contributed by atoms with E-state index in [1.165, 1.54) is 49.1 Å². The molecular formula is C23H26F2N2O. The van der Waals surface area contributed by atoms with Crippen LogP contribution in [0, 0.1) is 17.6 Å². The number of piperidine rings is 1. The van der Waals surface area contributed by atoms with Crippen LogP contribution in [0.5, 0.6) is 0 Å². The van der Waals surface area contributed by atoms with Gasteiger partial charge in [-0.1, -0.05) is 17.3 Å². The van der Waals surface area contributed by atoms with Gasteiger partial charge >= 0.3 is 0 Å². The van der Waals surface area contributed by atoms with Crippen molar-refractivity contribution in [2.24, 2.45) is 5.92 Å². The van der Waals surface area contributed by atoms with Gasteiger partial charge < -0.3 is 9.42 Å². The van der Waals surface area contributed by atoms with Crippen LogP contribution in [0.4, 0.5) is 8.78 Å². The number of likely N-dealkylation sites (tertiary alicyclic amines) is 1. The highest BCUT2D eigenvalue weighted by Crippen LogP contribution is 2.25. The third-order valence-electron chi connectivity index (χ3n) is 5.87. The lowest BCUT2D eigenvalue weighted by Gasteiger charge is -2.32. The molecule has 0 N–H and O–H groups in total. The van der Waals surface area contributed by atoms with Crippen molar-refractivity contribution in [2.75, 3.05) is 19.6 Å². The Kier molecular flexibility index (Phi) is 6.01. The molecule has 0 atom stereocenters. The first-order chi connectivity index (χ1) is 13.7. The Labute approximate surface area is 164 Å². The fourth-order valence-electron chi connectivity index (χ4n) is 4.14. The van der Waals surface area contributed by atoms with Crippen LogP contribution in [-0.2, 0) is 12.8 Å². The minimum Gasteiger partial charge on any atom is -0.356 e. The zero-order valence-corrected chi connectivity index (χ0v) is 16.0. The lowest BCUT2D eigenvalue weighted by Crippen LogP contribution is -2.35. The molecule has 1 aromatic heterocycles. The molecule has 28 heavy (non-hydrogen) atoms. The molecule has 0 bridgehead atoms. The molecule has 4 rings (SSSR count). The summed E-state index contributed by atoms with van der Waals surface area (Å²) in [5, 5.41) is 5.04. The summed E-state index contributed by atoms with van der Waals surface area (Å²) >= 11 is 0. The lowest BCUT2D eigenvalue weighted by atomic mass is 9.91. The summed E-state index contributed by atoms with van der Waals surface area (Å²) in [5.41, 5.74) is 2.67. The molecule has 1 fully saturated rings. The summed E-state index contributed by atoms with van der Waals surface area (Å²) in [6.07, 6.45) is 6.59. The molecule has 1 saturated heterocycles. The van der Waals surface area contributed by atoms with Gasteiger partial charge in [0.05, 0.1) is 5.69 Å². The van der Waals surface area contributed by atoms with E-state index in [-0.39, 0.29) is 11.6 Å². The van der Waals surface area contributed by atoms with Crippen LogP contribution in [0.3, 0.4) is 0 Å². The number of nitrogens with zero attached hydrogens (tertiary/aromatic N) is 2. The minimum atomic E-state index is -0.290. The van der Waals surface area contributed by atoms with Crippen molar-refractivity contribution < 1.29 is 13.3 Å². The van der Waals surface area contributed by atoms with E-state index in [1.807, 2.05) is 12.1 Å². The third-order valence-corrected chi connectivity index (χ3v) is 5.87. The molecule has 3 nitrogen and oxygen atoms in total. The van der Waals surface area contributed by atoms with Crippen LogP contribution < -0.4 is 0 Å².